The molecule has 6 nitrogen and oxygen atoms in total. The third-order valence-corrected chi connectivity index (χ3v) is 5.27. The number of non-ortho nitro benzene ring substituents is 1. The Hall–Kier alpha value is -1.38. The van der Waals surface area contributed by atoms with E-state index in [1.54, 1.807) is 6.07 Å². The lowest BCUT2D eigenvalue weighted by Gasteiger charge is -2.21. The van der Waals surface area contributed by atoms with Crippen molar-refractivity contribution in [2.24, 2.45) is 0 Å². The average Bonchev–Trinajstić information content (AvgIpc) is 3.06. The molecule has 22 heavy (non-hydrogen) atoms. The van der Waals surface area contributed by atoms with Gasteiger partial charge in [0, 0.05) is 42.1 Å². The van der Waals surface area contributed by atoms with Crippen molar-refractivity contribution in [1.29, 1.82) is 0 Å². The Labute approximate surface area is 137 Å². The lowest BCUT2D eigenvalue weighted by atomic mass is 10.1. The summed E-state index contributed by atoms with van der Waals surface area (Å²) >= 11 is 6.98. The number of nitro groups is 1. The van der Waals surface area contributed by atoms with E-state index in [2.05, 4.69) is 4.90 Å². The van der Waals surface area contributed by atoms with Crippen LogP contribution in [0.4, 0.5) is 5.69 Å². The Morgan fingerprint density at radius 3 is 2.91 bits per heavy atom. The summed E-state index contributed by atoms with van der Waals surface area (Å²) < 4.78 is 11.6. The van der Waals surface area contributed by atoms with Crippen LogP contribution in [0.1, 0.15) is 24.0 Å². The zero-order valence-electron chi connectivity index (χ0n) is 11.9. The third kappa shape index (κ3) is 3.34. The van der Waals surface area contributed by atoms with Crippen LogP contribution in [0, 0.1) is 10.1 Å². The minimum absolute atomic E-state index is 0.0653. The fraction of sp³-hybridized carbons (Fsp3) is 0.500. The molecule has 0 N–H and O–H groups in total. The van der Waals surface area contributed by atoms with Crippen LogP contribution >= 0.6 is 24.0 Å². The highest BCUT2D eigenvalue weighted by Gasteiger charge is 2.22. The van der Waals surface area contributed by atoms with Gasteiger partial charge in [-0.15, -0.1) is 0 Å². The zero-order chi connectivity index (χ0) is 15.5. The van der Waals surface area contributed by atoms with Gasteiger partial charge in [0.25, 0.3) is 5.69 Å². The van der Waals surface area contributed by atoms with Crippen LogP contribution in [0.5, 0.6) is 5.75 Å². The molecule has 1 aromatic carbocycles. The highest BCUT2D eigenvalue weighted by molar-refractivity contribution is 8.22. The normalized spacial score (nSPS) is 17.0. The van der Waals surface area contributed by atoms with Gasteiger partial charge in [-0.3, -0.25) is 10.1 Å². The molecule has 0 spiro atoms. The molecule has 0 aliphatic carbocycles. The molecule has 2 heterocycles. The SMILES string of the molecule is O=[N+]([O-])c1cc2c(c(CSC(=S)N3CCCC3)c1)OCOC2. The van der Waals surface area contributed by atoms with Gasteiger partial charge in [0.2, 0.25) is 0 Å². The number of hydrogen-bond acceptors (Lipinski definition) is 6. The number of thioether (sulfide) groups is 1. The third-order valence-electron chi connectivity index (χ3n) is 3.70. The standard InChI is InChI=1S/C14H16N2O4S2/c17-16(18)12-5-10-7-19-9-20-13(10)11(6-12)8-22-14(21)15-3-1-2-4-15/h5-6H,1-4,7-9H2. The monoisotopic (exact) mass is 340 g/mol. The second kappa shape index (κ2) is 6.80. The molecular formula is C14H16N2O4S2. The lowest BCUT2D eigenvalue weighted by Crippen LogP contribution is -2.23. The summed E-state index contributed by atoms with van der Waals surface area (Å²) in [4.78, 5) is 12.9. The molecule has 1 aromatic rings. The Kier molecular flexibility index (Phi) is 4.80. The van der Waals surface area contributed by atoms with E-state index in [4.69, 9.17) is 21.7 Å². The molecule has 1 saturated heterocycles. The lowest BCUT2D eigenvalue weighted by molar-refractivity contribution is -0.385. The van der Waals surface area contributed by atoms with Gasteiger partial charge in [-0.25, -0.2) is 0 Å². The highest BCUT2D eigenvalue weighted by Crippen LogP contribution is 2.35. The fourth-order valence-corrected chi connectivity index (χ4v) is 3.84. The minimum atomic E-state index is -0.387. The van der Waals surface area contributed by atoms with E-state index in [9.17, 15) is 10.1 Å². The molecule has 3 rings (SSSR count). The topological polar surface area (TPSA) is 64.8 Å². The maximum absolute atomic E-state index is 11.1. The summed E-state index contributed by atoms with van der Waals surface area (Å²) in [6, 6.07) is 3.09. The van der Waals surface area contributed by atoms with Crippen molar-refractivity contribution >= 4 is 34.0 Å². The first-order valence-electron chi connectivity index (χ1n) is 7.07. The van der Waals surface area contributed by atoms with Gasteiger partial charge >= 0.3 is 0 Å². The number of ether oxygens (including phenoxy) is 2. The molecule has 2 aliphatic heterocycles. The van der Waals surface area contributed by atoms with E-state index in [-0.39, 0.29) is 17.4 Å². The second-order valence-electron chi connectivity index (χ2n) is 5.21. The Balaban J connectivity index is 1.77. The number of benzene rings is 1. The summed E-state index contributed by atoms with van der Waals surface area (Å²) in [5.41, 5.74) is 1.60. The number of fused-ring (bicyclic) bond motifs is 1. The molecule has 2 aliphatic rings. The van der Waals surface area contributed by atoms with Crippen LogP contribution in [-0.4, -0.2) is 34.0 Å². The van der Waals surface area contributed by atoms with Crippen LogP contribution in [-0.2, 0) is 17.1 Å². The number of thiocarbonyl (C=S) groups is 1. The first-order valence-corrected chi connectivity index (χ1v) is 8.47. The molecule has 0 atom stereocenters. The van der Waals surface area contributed by atoms with E-state index in [1.807, 2.05) is 0 Å². The van der Waals surface area contributed by atoms with Gasteiger partial charge in [0.15, 0.2) is 6.79 Å². The molecular weight excluding hydrogens is 324 g/mol. The average molecular weight is 340 g/mol. The van der Waals surface area contributed by atoms with Crippen LogP contribution in [0.25, 0.3) is 0 Å². The molecule has 0 bridgehead atoms. The fourth-order valence-electron chi connectivity index (χ4n) is 2.62. The largest absolute Gasteiger partial charge is 0.467 e. The molecule has 0 radical (unpaired) electrons. The number of nitro benzene ring substituents is 1. The Morgan fingerprint density at radius 2 is 2.18 bits per heavy atom. The van der Waals surface area contributed by atoms with Gasteiger partial charge in [0.1, 0.15) is 10.1 Å². The maximum atomic E-state index is 11.1. The van der Waals surface area contributed by atoms with Gasteiger partial charge in [0.05, 0.1) is 11.5 Å². The number of hydrogen-bond donors (Lipinski definition) is 0. The van der Waals surface area contributed by atoms with Crippen LogP contribution in [0.15, 0.2) is 12.1 Å². The van der Waals surface area contributed by atoms with Crippen molar-refractivity contribution in [3.8, 4) is 5.75 Å². The molecule has 0 unspecified atom stereocenters. The predicted octanol–water partition coefficient (Wildman–Crippen LogP) is 3.08. The van der Waals surface area contributed by atoms with E-state index >= 15 is 0 Å². The molecule has 0 aromatic heterocycles. The van der Waals surface area contributed by atoms with Gasteiger partial charge in [-0.05, 0) is 12.8 Å². The van der Waals surface area contributed by atoms with Crippen molar-refractivity contribution < 1.29 is 14.4 Å². The molecule has 0 saturated carbocycles. The number of nitrogens with zero attached hydrogens (tertiary/aromatic N) is 2. The smallest absolute Gasteiger partial charge is 0.270 e. The van der Waals surface area contributed by atoms with E-state index in [1.165, 1.54) is 30.7 Å². The van der Waals surface area contributed by atoms with Crippen molar-refractivity contribution in [1.82, 2.24) is 4.90 Å². The van der Waals surface area contributed by atoms with Crippen molar-refractivity contribution in [3.63, 3.8) is 0 Å². The van der Waals surface area contributed by atoms with Crippen LogP contribution < -0.4 is 4.74 Å². The minimum Gasteiger partial charge on any atom is -0.467 e. The molecule has 1 fully saturated rings. The Morgan fingerprint density at radius 1 is 1.41 bits per heavy atom. The summed E-state index contributed by atoms with van der Waals surface area (Å²) in [5.74, 6) is 1.27. The number of likely N-dealkylation sites (tertiary alicyclic amines) is 1. The highest BCUT2D eigenvalue weighted by atomic mass is 32.2. The van der Waals surface area contributed by atoms with E-state index in [0.29, 0.717) is 18.1 Å². The quantitative estimate of drug-likeness (QED) is 0.476. The summed E-state index contributed by atoms with van der Waals surface area (Å²) in [7, 11) is 0. The summed E-state index contributed by atoms with van der Waals surface area (Å²) in [6.07, 6.45) is 2.35. The predicted molar refractivity (Wildman–Crippen MR) is 88.1 cm³/mol. The first kappa shape index (κ1) is 15.5. The maximum Gasteiger partial charge on any atom is 0.270 e. The van der Waals surface area contributed by atoms with Crippen LogP contribution in [0.3, 0.4) is 0 Å². The van der Waals surface area contributed by atoms with E-state index < -0.39 is 0 Å². The van der Waals surface area contributed by atoms with Gasteiger partial charge in [-0.1, -0.05) is 24.0 Å². The van der Waals surface area contributed by atoms with Crippen molar-refractivity contribution in [2.45, 2.75) is 25.2 Å². The first-order chi connectivity index (χ1) is 10.6. The summed E-state index contributed by atoms with van der Waals surface area (Å²) in [6.45, 7) is 2.52. The van der Waals surface area contributed by atoms with Gasteiger partial charge < -0.3 is 14.4 Å². The van der Waals surface area contributed by atoms with Crippen molar-refractivity contribution in [2.75, 3.05) is 19.9 Å². The van der Waals surface area contributed by atoms with E-state index in [0.717, 1.165) is 28.5 Å². The summed E-state index contributed by atoms with van der Waals surface area (Å²) in [5, 5.41) is 11.1. The Bertz CT molecular complexity index is 603. The molecule has 118 valence electrons. The van der Waals surface area contributed by atoms with Gasteiger partial charge in [-0.2, -0.15) is 0 Å². The number of rotatable bonds is 3. The molecule has 0 amide bonds. The molecule has 8 heteroatoms. The van der Waals surface area contributed by atoms with Crippen LogP contribution in [0.2, 0.25) is 0 Å². The zero-order valence-corrected chi connectivity index (χ0v) is 13.6. The van der Waals surface area contributed by atoms with Crippen molar-refractivity contribution in [3.05, 3.63) is 33.4 Å². The second-order valence-corrected chi connectivity index (χ2v) is 6.82.